The normalized spacial score (nSPS) is 17.5. The van der Waals surface area contributed by atoms with Gasteiger partial charge in [0.2, 0.25) is 5.91 Å². The summed E-state index contributed by atoms with van der Waals surface area (Å²) in [7, 11) is 1.84. The van der Waals surface area contributed by atoms with E-state index >= 15 is 0 Å². The van der Waals surface area contributed by atoms with Crippen molar-refractivity contribution in [1.29, 1.82) is 0 Å². The molecule has 18 heavy (non-hydrogen) atoms. The van der Waals surface area contributed by atoms with Crippen LogP contribution in [-0.4, -0.2) is 17.9 Å². The molecule has 1 heterocycles. The topological polar surface area (TPSA) is 33.2 Å². The molecule has 0 saturated heterocycles. The number of benzene rings is 1. The maximum absolute atomic E-state index is 12.5. The average Bonchev–Trinajstić information content (AvgIpc) is 3.00. The highest BCUT2D eigenvalue weighted by atomic mass is 32.1. The molecule has 1 unspecified atom stereocenters. The van der Waals surface area contributed by atoms with Gasteiger partial charge in [-0.25, -0.2) is 4.98 Å². The fraction of sp³-hybridized carbons (Fsp3) is 0.286. The van der Waals surface area contributed by atoms with Gasteiger partial charge in [0.15, 0.2) is 0 Å². The molecule has 3 nitrogen and oxygen atoms in total. The minimum absolute atomic E-state index is 0.0588. The summed E-state index contributed by atoms with van der Waals surface area (Å²) in [6, 6.07) is 9.75. The van der Waals surface area contributed by atoms with E-state index in [1.54, 1.807) is 16.2 Å². The van der Waals surface area contributed by atoms with Gasteiger partial charge in [-0.3, -0.25) is 4.79 Å². The summed E-state index contributed by atoms with van der Waals surface area (Å²) in [5.74, 6) is 0.0855. The molecule has 0 bridgehead atoms. The van der Waals surface area contributed by atoms with E-state index in [-0.39, 0.29) is 11.8 Å². The fourth-order valence-corrected chi connectivity index (χ4v) is 3.26. The second-order valence-corrected chi connectivity index (χ2v) is 5.42. The maximum atomic E-state index is 12.5. The summed E-state index contributed by atoms with van der Waals surface area (Å²) < 4.78 is 0. The highest BCUT2D eigenvalue weighted by molar-refractivity contribution is 7.09. The standard InChI is InChI=1S/C14H14N2OS/c1-16(10-5-3-2-4-6-10)14(17)11-7-8-12-13(11)15-9-18-12/h2-6,9,11H,7-8H2,1H3. The third-order valence-corrected chi connectivity index (χ3v) is 4.34. The molecule has 1 atom stereocenters. The largest absolute Gasteiger partial charge is 0.315 e. The van der Waals surface area contributed by atoms with Crippen LogP contribution in [0.15, 0.2) is 35.8 Å². The number of amides is 1. The molecule has 92 valence electrons. The van der Waals surface area contributed by atoms with E-state index in [9.17, 15) is 4.79 Å². The zero-order chi connectivity index (χ0) is 12.5. The third kappa shape index (κ3) is 1.82. The fourth-order valence-electron chi connectivity index (χ4n) is 2.42. The number of thiazole rings is 1. The van der Waals surface area contributed by atoms with Crippen LogP contribution in [0.5, 0.6) is 0 Å². The molecule has 0 fully saturated rings. The van der Waals surface area contributed by atoms with Gasteiger partial charge in [-0.15, -0.1) is 11.3 Å². The summed E-state index contributed by atoms with van der Waals surface area (Å²) in [6.07, 6.45) is 1.88. The summed E-state index contributed by atoms with van der Waals surface area (Å²) in [6.45, 7) is 0. The van der Waals surface area contributed by atoms with E-state index in [0.29, 0.717) is 0 Å². The Morgan fingerprint density at radius 2 is 2.17 bits per heavy atom. The predicted molar refractivity (Wildman–Crippen MR) is 73.0 cm³/mol. The highest BCUT2D eigenvalue weighted by Crippen LogP contribution is 2.36. The monoisotopic (exact) mass is 258 g/mol. The van der Waals surface area contributed by atoms with Gasteiger partial charge in [0, 0.05) is 17.6 Å². The van der Waals surface area contributed by atoms with E-state index in [4.69, 9.17) is 0 Å². The average molecular weight is 258 g/mol. The number of aryl methyl sites for hydroxylation is 1. The van der Waals surface area contributed by atoms with Crippen molar-refractivity contribution in [2.24, 2.45) is 0 Å². The summed E-state index contributed by atoms with van der Waals surface area (Å²) in [5.41, 5.74) is 3.77. The Balaban J connectivity index is 1.84. The first-order chi connectivity index (χ1) is 8.77. The second-order valence-electron chi connectivity index (χ2n) is 4.48. The van der Waals surface area contributed by atoms with Crippen molar-refractivity contribution in [2.45, 2.75) is 18.8 Å². The number of anilines is 1. The van der Waals surface area contributed by atoms with Crippen molar-refractivity contribution in [2.75, 3.05) is 11.9 Å². The number of nitrogens with zero attached hydrogens (tertiary/aromatic N) is 2. The van der Waals surface area contributed by atoms with Crippen molar-refractivity contribution < 1.29 is 4.79 Å². The van der Waals surface area contributed by atoms with E-state index in [1.165, 1.54) is 4.88 Å². The molecule has 0 aliphatic heterocycles. The number of hydrogen-bond acceptors (Lipinski definition) is 3. The first-order valence-corrected chi connectivity index (χ1v) is 6.90. The number of fused-ring (bicyclic) bond motifs is 1. The molecular weight excluding hydrogens is 244 g/mol. The number of aromatic nitrogens is 1. The van der Waals surface area contributed by atoms with Crippen LogP contribution in [0, 0.1) is 0 Å². The molecule has 0 radical (unpaired) electrons. The number of carbonyl (C=O) groups excluding carboxylic acids is 1. The molecule has 0 spiro atoms. The van der Waals surface area contributed by atoms with Gasteiger partial charge in [-0.1, -0.05) is 18.2 Å². The van der Waals surface area contributed by atoms with E-state index in [0.717, 1.165) is 24.2 Å². The molecule has 1 aromatic heterocycles. The molecule has 0 saturated carbocycles. The van der Waals surface area contributed by atoms with Crippen LogP contribution in [-0.2, 0) is 11.2 Å². The molecule has 4 heteroatoms. The number of para-hydroxylation sites is 1. The minimum atomic E-state index is -0.0588. The lowest BCUT2D eigenvalue weighted by molar-refractivity contribution is -0.119. The van der Waals surface area contributed by atoms with Crippen LogP contribution in [0.25, 0.3) is 0 Å². The van der Waals surface area contributed by atoms with Crippen LogP contribution in [0.4, 0.5) is 5.69 Å². The maximum Gasteiger partial charge on any atom is 0.235 e. The van der Waals surface area contributed by atoms with Gasteiger partial charge < -0.3 is 4.90 Å². The molecular formula is C14H14N2OS. The quantitative estimate of drug-likeness (QED) is 0.830. The van der Waals surface area contributed by atoms with Crippen LogP contribution in [0.1, 0.15) is 22.9 Å². The molecule has 2 aromatic rings. The molecule has 1 amide bonds. The van der Waals surface area contributed by atoms with Gasteiger partial charge in [-0.2, -0.15) is 0 Å². The Morgan fingerprint density at radius 1 is 1.39 bits per heavy atom. The molecule has 0 N–H and O–H groups in total. The number of hydrogen-bond donors (Lipinski definition) is 0. The molecule has 3 rings (SSSR count). The zero-order valence-electron chi connectivity index (χ0n) is 10.2. The van der Waals surface area contributed by atoms with Crippen molar-refractivity contribution in [1.82, 2.24) is 4.98 Å². The Labute approximate surface area is 110 Å². The van der Waals surface area contributed by atoms with Crippen molar-refractivity contribution in [3.05, 3.63) is 46.4 Å². The van der Waals surface area contributed by atoms with Crippen LogP contribution in [0.2, 0.25) is 0 Å². The number of likely N-dealkylation sites (N-methyl/N-ethyl adjacent to an activating group) is 1. The van der Waals surface area contributed by atoms with Crippen molar-refractivity contribution in [3.8, 4) is 0 Å². The first-order valence-electron chi connectivity index (χ1n) is 6.02. The minimum Gasteiger partial charge on any atom is -0.315 e. The van der Waals surface area contributed by atoms with Gasteiger partial charge in [-0.05, 0) is 25.0 Å². The zero-order valence-corrected chi connectivity index (χ0v) is 11.0. The van der Waals surface area contributed by atoms with Gasteiger partial charge in [0.1, 0.15) is 0 Å². The lowest BCUT2D eigenvalue weighted by Crippen LogP contribution is -2.30. The van der Waals surface area contributed by atoms with Gasteiger partial charge >= 0.3 is 0 Å². The van der Waals surface area contributed by atoms with Gasteiger partial charge in [0.25, 0.3) is 0 Å². The molecule has 1 aromatic carbocycles. The molecule has 1 aliphatic carbocycles. The predicted octanol–water partition coefficient (Wildman–Crippen LogP) is 2.84. The Bertz CT molecular complexity index is 564. The highest BCUT2D eigenvalue weighted by Gasteiger charge is 2.33. The van der Waals surface area contributed by atoms with E-state index < -0.39 is 0 Å². The van der Waals surface area contributed by atoms with Gasteiger partial charge in [0.05, 0.1) is 17.1 Å². The number of rotatable bonds is 2. The number of carbonyl (C=O) groups is 1. The smallest absolute Gasteiger partial charge is 0.235 e. The van der Waals surface area contributed by atoms with Crippen molar-refractivity contribution >= 4 is 22.9 Å². The van der Waals surface area contributed by atoms with Crippen LogP contribution < -0.4 is 4.90 Å². The van der Waals surface area contributed by atoms with Crippen LogP contribution in [0.3, 0.4) is 0 Å². The lowest BCUT2D eigenvalue weighted by Gasteiger charge is -2.20. The summed E-state index contributed by atoms with van der Waals surface area (Å²) in [4.78, 5) is 19.9. The molecule has 1 aliphatic rings. The lowest BCUT2D eigenvalue weighted by atomic mass is 10.1. The first kappa shape index (κ1) is 11.4. The Kier molecular flexibility index (Phi) is 2.88. The summed E-state index contributed by atoms with van der Waals surface area (Å²) in [5, 5.41) is 0. The Morgan fingerprint density at radius 3 is 2.94 bits per heavy atom. The second kappa shape index (κ2) is 4.53. The Hall–Kier alpha value is -1.68. The van der Waals surface area contributed by atoms with E-state index in [2.05, 4.69) is 4.98 Å². The summed E-state index contributed by atoms with van der Waals surface area (Å²) >= 11 is 1.66. The SMILES string of the molecule is CN(C(=O)C1CCc2scnc21)c1ccccc1. The third-order valence-electron chi connectivity index (χ3n) is 3.43. The van der Waals surface area contributed by atoms with Crippen molar-refractivity contribution in [3.63, 3.8) is 0 Å². The van der Waals surface area contributed by atoms with E-state index in [1.807, 2.05) is 42.9 Å². The van der Waals surface area contributed by atoms with Crippen LogP contribution >= 0.6 is 11.3 Å².